The van der Waals surface area contributed by atoms with Crippen LogP contribution in [0.15, 0.2) is 4.79 Å². The van der Waals surface area contributed by atoms with Crippen LogP contribution >= 0.6 is 11.3 Å². The van der Waals surface area contributed by atoms with Gasteiger partial charge in [0.05, 0.1) is 5.39 Å². The molecule has 0 atom stereocenters. The molecule has 0 radical (unpaired) electrons. The maximum Gasteiger partial charge on any atom is 0.349 e. The van der Waals surface area contributed by atoms with Gasteiger partial charge >= 0.3 is 5.97 Å². The third kappa shape index (κ3) is 3.38. The number of thiophene rings is 1. The van der Waals surface area contributed by atoms with Gasteiger partial charge in [0.15, 0.2) is 6.61 Å². The maximum absolute atomic E-state index is 12.9. The summed E-state index contributed by atoms with van der Waals surface area (Å²) < 4.78 is 6.99. The van der Waals surface area contributed by atoms with E-state index in [0.717, 1.165) is 57.4 Å². The number of likely N-dealkylation sites (tertiary alicyclic amines) is 1. The number of carbonyl (C=O) groups excluding carboxylic acids is 2. The quantitative estimate of drug-likeness (QED) is 0.752. The summed E-state index contributed by atoms with van der Waals surface area (Å²) in [6.07, 6.45) is 5.86. The van der Waals surface area contributed by atoms with E-state index in [1.807, 2.05) is 0 Å². The molecule has 1 saturated heterocycles. The van der Waals surface area contributed by atoms with Crippen molar-refractivity contribution in [1.29, 1.82) is 0 Å². The lowest BCUT2D eigenvalue weighted by molar-refractivity contribution is -0.133. The molecule has 2 aliphatic rings. The molecule has 1 amide bonds. The molecular formula is C19H23N3O4S. The largest absolute Gasteiger partial charge is 0.451 e. The van der Waals surface area contributed by atoms with E-state index in [1.54, 1.807) is 16.4 Å². The van der Waals surface area contributed by atoms with Crippen LogP contribution < -0.4 is 5.56 Å². The fraction of sp³-hybridized carbons (Fsp3) is 0.579. The van der Waals surface area contributed by atoms with Gasteiger partial charge in [-0.1, -0.05) is 6.42 Å². The van der Waals surface area contributed by atoms with Gasteiger partial charge < -0.3 is 9.64 Å². The number of amides is 1. The number of esters is 1. The molecule has 0 bridgehead atoms. The molecule has 4 rings (SSSR count). The topological polar surface area (TPSA) is 81.5 Å². The molecule has 144 valence electrons. The number of aromatic nitrogens is 2. The lowest BCUT2D eigenvalue weighted by atomic mass is 10.2. The average Bonchev–Trinajstić information content (AvgIpc) is 3.23. The van der Waals surface area contributed by atoms with Crippen LogP contribution in [0.3, 0.4) is 0 Å². The van der Waals surface area contributed by atoms with E-state index in [2.05, 4.69) is 4.98 Å². The molecular weight excluding hydrogens is 366 g/mol. The van der Waals surface area contributed by atoms with Gasteiger partial charge in [-0.25, -0.2) is 9.78 Å². The van der Waals surface area contributed by atoms with Gasteiger partial charge in [-0.05, 0) is 38.2 Å². The van der Waals surface area contributed by atoms with Crippen LogP contribution in [0.4, 0.5) is 0 Å². The van der Waals surface area contributed by atoms with Gasteiger partial charge in [-0.3, -0.25) is 14.2 Å². The monoisotopic (exact) mass is 389 g/mol. The van der Waals surface area contributed by atoms with Crippen molar-refractivity contribution in [2.45, 2.75) is 52.0 Å². The van der Waals surface area contributed by atoms with Crippen molar-refractivity contribution < 1.29 is 14.3 Å². The number of carbonyl (C=O) groups is 2. The maximum atomic E-state index is 12.9. The van der Waals surface area contributed by atoms with Crippen molar-refractivity contribution >= 4 is 33.4 Å². The number of fused-ring (bicyclic) bond motifs is 2. The minimum atomic E-state index is -0.553. The number of hydrogen-bond donors (Lipinski definition) is 0. The fourth-order valence-corrected chi connectivity index (χ4v) is 4.94. The van der Waals surface area contributed by atoms with Crippen LogP contribution in [0.25, 0.3) is 10.2 Å². The zero-order chi connectivity index (χ0) is 19.0. The summed E-state index contributed by atoms with van der Waals surface area (Å²) in [5, 5.41) is 0.503. The van der Waals surface area contributed by atoms with Crippen molar-refractivity contribution in [3.8, 4) is 0 Å². The highest BCUT2D eigenvalue weighted by atomic mass is 32.1. The summed E-state index contributed by atoms with van der Waals surface area (Å²) in [6, 6.07) is 0. The molecule has 0 aliphatic carbocycles. The Bertz CT molecular complexity index is 956. The molecule has 1 fully saturated rings. The van der Waals surface area contributed by atoms with E-state index < -0.39 is 5.97 Å². The lowest BCUT2D eigenvalue weighted by Gasteiger charge is -2.14. The minimum Gasteiger partial charge on any atom is -0.451 e. The average molecular weight is 389 g/mol. The first kappa shape index (κ1) is 18.2. The number of rotatable bonds is 3. The molecule has 7 nitrogen and oxygen atoms in total. The van der Waals surface area contributed by atoms with E-state index >= 15 is 0 Å². The SMILES string of the molecule is Cc1c(C(=O)OCC(=O)N2CCCC2)sc2nc3n(c(=O)c12)CCCCC3. The summed E-state index contributed by atoms with van der Waals surface area (Å²) in [4.78, 5) is 44.9. The van der Waals surface area contributed by atoms with Gasteiger partial charge in [0.2, 0.25) is 0 Å². The molecule has 0 N–H and O–H groups in total. The van der Waals surface area contributed by atoms with E-state index in [9.17, 15) is 14.4 Å². The van der Waals surface area contributed by atoms with Gasteiger partial charge in [0.25, 0.3) is 11.5 Å². The number of hydrogen-bond acceptors (Lipinski definition) is 6. The summed E-state index contributed by atoms with van der Waals surface area (Å²) in [6.45, 7) is 3.63. The summed E-state index contributed by atoms with van der Waals surface area (Å²) in [5.41, 5.74) is 0.531. The Kier molecular flexibility index (Phi) is 4.99. The normalized spacial score (nSPS) is 17.0. The van der Waals surface area contributed by atoms with Gasteiger partial charge in [-0.15, -0.1) is 11.3 Å². The second kappa shape index (κ2) is 7.42. The number of nitrogens with zero attached hydrogens (tertiary/aromatic N) is 3. The molecule has 8 heteroatoms. The smallest absolute Gasteiger partial charge is 0.349 e. The van der Waals surface area contributed by atoms with Crippen molar-refractivity contribution in [2.24, 2.45) is 0 Å². The van der Waals surface area contributed by atoms with E-state index in [0.29, 0.717) is 27.2 Å². The Balaban J connectivity index is 1.59. The molecule has 2 aromatic rings. The lowest BCUT2D eigenvalue weighted by Crippen LogP contribution is -2.32. The molecule has 4 heterocycles. The van der Waals surface area contributed by atoms with Gasteiger partial charge in [-0.2, -0.15) is 0 Å². The Morgan fingerprint density at radius 3 is 2.63 bits per heavy atom. The van der Waals surface area contributed by atoms with Crippen LogP contribution in [0.5, 0.6) is 0 Å². The molecule has 0 aromatic carbocycles. The number of aryl methyl sites for hydroxylation is 2. The third-order valence-corrected chi connectivity index (χ3v) is 6.55. The highest BCUT2D eigenvalue weighted by Crippen LogP contribution is 2.29. The molecule has 2 aliphatic heterocycles. The first-order valence-corrected chi connectivity index (χ1v) is 10.4. The predicted molar refractivity (Wildman–Crippen MR) is 102 cm³/mol. The Morgan fingerprint density at radius 1 is 1.11 bits per heavy atom. The fourth-order valence-electron chi connectivity index (χ4n) is 3.86. The van der Waals surface area contributed by atoms with Crippen molar-refractivity contribution in [3.05, 3.63) is 26.6 Å². The van der Waals surface area contributed by atoms with Gasteiger partial charge in [0, 0.05) is 26.1 Å². The first-order chi connectivity index (χ1) is 13.1. The molecule has 27 heavy (non-hydrogen) atoms. The first-order valence-electron chi connectivity index (χ1n) is 9.54. The Hall–Kier alpha value is -2.22. The standard InChI is InChI=1S/C19H23N3O4S/c1-12-15-17(20-13-7-3-2-4-10-22(13)18(15)24)27-16(12)19(25)26-11-14(23)21-8-5-6-9-21/h2-11H2,1H3. The second-order valence-corrected chi connectivity index (χ2v) is 8.19. The van der Waals surface area contributed by atoms with Gasteiger partial charge in [0.1, 0.15) is 15.5 Å². The Morgan fingerprint density at radius 2 is 1.85 bits per heavy atom. The molecule has 0 unspecified atom stereocenters. The summed E-state index contributed by atoms with van der Waals surface area (Å²) >= 11 is 1.19. The number of ether oxygens (including phenoxy) is 1. The van der Waals surface area contributed by atoms with Crippen LogP contribution in [0.2, 0.25) is 0 Å². The molecule has 2 aromatic heterocycles. The predicted octanol–water partition coefficient (Wildman–Crippen LogP) is 2.27. The highest BCUT2D eigenvalue weighted by Gasteiger charge is 2.25. The van der Waals surface area contributed by atoms with Crippen molar-refractivity contribution in [2.75, 3.05) is 19.7 Å². The van der Waals surface area contributed by atoms with Crippen molar-refractivity contribution in [3.63, 3.8) is 0 Å². The Labute approximate surface area is 160 Å². The van der Waals surface area contributed by atoms with Crippen molar-refractivity contribution in [1.82, 2.24) is 14.5 Å². The zero-order valence-corrected chi connectivity index (χ0v) is 16.3. The third-order valence-electron chi connectivity index (χ3n) is 5.38. The van der Waals surface area contributed by atoms with Crippen LogP contribution in [0, 0.1) is 6.92 Å². The van der Waals surface area contributed by atoms with Crippen LogP contribution in [-0.4, -0.2) is 46.0 Å². The highest BCUT2D eigenvalue weighted by molar-refractivity contribution is 7.20. The van der Waals surface area contributed by atoms with E-state index in [4.69, 9.17) is 4.74 Å². The minimum absolute atomic E-state index is 0.0714. The zero-order valence-electron chi connectivity index (χ0n) is 15.5. The van der Waals surface area contributed by atoms with Crippen LogP contribution in [0.1, 0.15) is 53.2 Å². The molecule has 0 spiro atoms. The molecule has 0 saturated carbocycles. The second-order valence-electron chi connectivity index (χ2n) is 7.20. The summed E-state index contributed by atoms with van der Waals surface area (Å²) in [7, 11) is 0. The summed E-state index contributed by atoms with van der Waals surface area (Å²) in [5.74, 6) is 0.0857. The van der Waals surface area contributed by atoms with E-state index in [-0.39, 0.29) is 18.1 Å². The van der Waals surface area contributed by atoms with E-state index in [1.165, 1.54) is 11.3 Å². The van der Waals surface area contributed by atoms with Crippen LogP contribution in [-0.2, 0) is 22.5 Å².